The van der Waals surface area contributed by atoms with Crippen LogP contribution in [0, 0.1) is 0 Å². The van der Waals surface area contributed by atoms with Gasteiger partial charge in [-0.25, -0.2) is 19.8 Å². The van der Waals surface area contributed by atoms with E-state index in [9.17, 15) is 9.59 Å². The number of imidazole rings is 1. The topological polar surface area (TPSA) is 127 Å². The number of hydrogen-bond donors (Lipinski definition) is 3. The molecule has 0 bridgehead atoms. The highest BCUT2D eigenvalue weighted by atomic mass is 16.2. The van der Waals surface area contributed by atoms with Crippen molar-refractivity contribution in [1.29, 1.82) is 0 Å². The van der Waals surface area contributed by atoms with E-state index in [1.165, 1.54) is 0 Å². The molecule has 1 unspecified atom stereocenters. The monoisotopic (exact) mass is 505 g/mol. The first-order valence-corrected chi connectivity index (χ1v) is 13.7. The van der Waals surface area contributed by atoms with Crippen molar-refractivity contribution in [1.82, 2.24) is 25.2 Å². The summed E-state index contributed by atoms with van der Waals surface area (Å²) in [5, 5.41) is 6.92. The van der Waals surface area contributed by atoms with E-state index in [4.69, 9.17) is 10.7 Å². The molecule has 3 amide bonds. The maximum absolute atomic E-state index is 12.3. The van der Waals surface area contributed by atoms with E-state index < -0.39 is 0 Å². The van der Waals surface area contributed by atoms with Gasteiger partial charge in [0.2, 0.25) is 5.91 Å². The van der Waals surface area contributed by atoms with Gasteiger partial charge in [0.25, 0.3) is 0 Å². The number of nitrogen functional groups attached to an aromatic ring is 1. The van der Waals surface area contributed by atoms with Gasteiger partial charge in [0, 0.05) is 37.0 Å². The van der Waals surface area contributed by atoms with Crippen LogP contribution in [-0.2, 0) is 17.8 Å². The van der Waals surface area contributed by atoms with Gasteiger partial charge in [-0.2, -0.15) is 0 Å². The van der Waals surface area contributed by atoms with E-state index in [0.29, 0.717) is 18.8 Å². The van der Waals surface area contributed by atoms with Gasteiger partial charge in [0.1, 0.15) is 11.3 Å². The third kappa shape index (κ3) is 6.64. The smallest absolute Gasteiger partial charge is 0.341 e. The summed E-state index contributed by atoms with van der Waals surface area (Å²) < 4.78 is 2.31. The Morgan fingerprint density at radius 1 is 1.08 bits per heavy atom. The van der Waals surface area contributed by atoms with Crippen LogP contribution in [0.4, 0.5) is 10.6 Å². The van der Waals surface area contributed by atoms with E-state index in [0.717, 1.165) is 97.8 Å². The fourth-order valence-electron chi connectivity index (χ4n) is 4.95. The number of amides is 3. The van der Waals surface area contributed by atoms with Gasteiger partial charge in [-0.05, 0) is 51.5 Å². The van der Waals surface area contributed by atoms with Crippen molar-refractivity contribution >= 4 is 45.4 Å². The molecule has 0 saturated carbocycles. The van der Waals surface area contributed by atoms with E-state index in [2.05, 4.69) is 38.2 Å². The molecule has 4 rings (SSSR count). The number of aromatic nitrogens is 3. The number of aryl methyl sites for hydroxylation is 2. The molecule has 37 heavy (non-hydrogen) atoms. The molecular formula is C28H39N7O2. The van der Waals surface area contributed by atoms with Crippen LogP contribution >= 0.6 is 0 Å². The normalized spacial score (nSPS) is 15.4. The van der Waals surface area contributed by atoms with Crippen molar-refractivity contribution in [2.24, 2.45) is 4.99 Å². The molecule has 0 fully saturated rings. The molecule has 0 saturated heterocycles. The number of anilines is 1. The SMILES string of the molecule is CCCCc1nc2c(N)nc3ccccc3c2n1CCCCNC(=O)CCCCCC1=NC(=O)NC1C. The van der Waals surface area contributed by atoms with Crippen molar-refractivity contribution in [3.63, 3.8) is 0 Å². The van der Waals surface area contributed by atoms with Crippen molar-refractivity contribution in [3.05, 3.63) is 30.1 Å². The van der Waals surface area contributed by atoms with Gasteiger partial charge in [-0.15, -0.1) is 0 Å². The van der Waals surface area contributed by atoms with Gasteiger partial charge in [-0.1, -0.05) is 38.0 Å². The van der Waals surface area contributed by atoms with Crippen LogP contribution in [-0.4, -0.2) is 44.8 Å². The van der Waals surface area contributed by atoms with Crippen molar-refractivity contribution < 1.29 is 9.59 Å². The van der Waals surface area contributed by atoms with Crippen LogP contribution in [0.5, 0.6) is 0 Å². The van der Waals surface area contributed by atoms with Crippen LogP contribution in [0.15, 0.2) is 29.3 Å². The molecule has 3 heterocycles. The lowest BCUT2D eigenvalue weighted by molar-refractivity contribution is -0.121. The minimum atomic E-state index is -0.241. The Balaban J connectivity index is 1.24. The Hall–Kier alpha value is -3.49. The Bertz CT molecular complexity index is 1280. The lowest BCUT2D eigenvalue weighted by Gasteiger charge is -2.11. The zero-order valence-electron chi connectivity index (χ0n) is 22.1. The molecule has 1 aliphatic rings. The molecule has 2 aromatic heterocycles. The number of benzene rings is 1. The average Bonchev–Trinajstić information content (AvgIpc) is 3.41. The predicted octanol–water partition coefficient (Wildman–Crippen LogP) is 4.91. The number of fused-ring (bicyclic) bond motifs is 3. The molecule has 1 aliphatic heterocycles. The summed E-state index contributed by atoms with van der Waals surface area (Å²) in [5.41, 5.74) is 9.95. The first kappa shape index (κ1) is 26.6. The Morgan fingerprint density at radius 3 is 2.70 bits per heavy atom. The van der Waals surface area contributed by atoms with E-state index >= 15 is 0 Å². The fourth-order valence-corrected chi connectivity index (χ4v) is 4.95. The van der Waals surface area contributed by atoms with Gasteiger partial charge >= 0.3 is 6.03 Å². The summed E-state index contributed by atoms with van der Waals surface area (Å²) in [6.07, 6.45) is 9.01. The molecule has 198 valence electrons. The first-order chi connectivity index (χ1) is 18.0. The number of hydrogen-bond acceptors (Lipinski definition) is 5. The van der Waals surface area contributed by atoms with Crippen molar-refractivity contribution in [3.8, 4) is 0 Å². The van der Waals surface area contributed by atoms with Gasteiger partial charge < -0.3 is 20.9 Å². The highest BCUT2D eigenvalue weighted by Gasteiger charge is 2.20. The quantitative estimate of drug-likeness (QED) is 0.268. The summed E-state index contributed by atoms with van der Waals surface area (Å²) >= 11 is 0. The minimum Gasteiger partial charge on any atom is -0.382 e. The maximum atomic E-state index is 12.3. The molecule has 1 aromatic carbocycles. The molecule has 9 heteroatoms. The van der Waals surface area contributed by atoms with Crippen molar-refractivity contribution in [2.75, 3.05) is 12.3 Å². The number of para-hydroxylation sites is 1. The largest absolute Gasteiger partial charge is 0.382 e. The highest BCUT2D eigenvalue weighted by molar-refractivity contribution is 6.06. The van der Waals surface area contributed by atoms with Crippen LogP contribution < -0.4 is 16.4 Å². The van der Waals surface area contributed by atoms with Gasteiger partial charge in [0.15, 0.2) is 5.82 Å². The van der Waals surface area contributed by atoms with Crippen molar-refractivity contribution in [2.45, 2.75) is 90.6 Å². The highest BCUT2D eigenvalue weighted by Crippen LogP contribution is 2.29. The van der Waals surface area contributed by atoms with Crippen LogP contribution in [0.1, 0.15) is 77.5 Å². The molecular weight excluding hydrogens is 466 g/mol. The molecule has 1 atom stereocenters. The number of unbranched alkanes of at least 4 members (excludes halogenated alkanes) is 4. The number of carbonyl (C=O) groups is 2. The van der Waals surface area contributed by atoms with Crippen LogP contribution in [0.25, 0.3) is 21.9 Å². The lowest BCUT2D eigenvalue weighted by atomic mass is 10.1. The first-order valence-electron chi connectivity index (χ1n) is 13.7. The molecule has 0 spiro atoms. The Kier molecular flexibility index (Phi) is 9.09. The van der Waals surface area contributed by atoms with Gasteiger partial charge in [0.05, 0.1) is 17.1 Å². The predicted molar refractivity (Wildman–Crippen MR) is 149 cm³/mol. The fraction of sp³-hybridized carbons (Fsp3) is 0.536. The molecule has 0 radical (unpaired) electrons. The minimum absolute atomic E-state index is 0.0339. The number of aliphatic imine (C=N–C) groups is 1. The second kappa shape index (κ2) is 12.7. The molecule has 4 N–H and O–H groups in total. The summed E-state index contributed by atoms with van der Waals surface area (Å²) in [7, 11) is 0. The van der Waals surface area contributed by atoms with E-state index in [-0.39, 0.29) is 18.0 Å². The molecule has 9 nitrogen and oxygen atoms in total. The Labute approximate surface area is 218 Å². The summed E-state index contributed by atoms with van der Waals surface area (Å²) in [6.45, 7) is 5.64. The number of nitrogens with two attached hydrogens (primary N) is 1. The van der Waals surface area contributed by atoms with E-state index in [1.807, 2.05) is 25.1 Å². The second-order valence-electron chi connectivity index (χ2n) is 9.89. The molecule has 3 aromatic rings. The number of nitrogens with zero attached hydrogens (tertiary/aromatic N) is 4. The summed E-state index contributed by atoms with van der Waals surface area (Å²) in [6, 6.07) is 7.88. The maximum Gasteiger partial charge on any atom is 0.341 e. The van der Waals surface area contributed by atoms with Gasteiger partial charge in [-0.3, -0.25) is 4.79 Å². The average molecular weight is 506 g/mol. The number of nitrogens with one attached hydrogen (secondary N) is 2. The zero-order chi connectivity index (χ0) is 26.2. The van der Waals surface area contributed by atoms with E-state index in [1.54, 1.807) is 0 Å². The zero-order valence-corrected chi connectivity index (χ0v) is 22.1. The second-order valence-corrected chi connectivity index (χ2v) is 9.89. The summed E-state index contributed by atoms with van der Waals surface area (Å²) in [5.74, 6) is 1.64. The number of urea groups is 1. The van der Waals surface area contributed by atoms with Crippen LogP contribution in [0.2, 0.25) is 0 Å². The summed E-state index contributed by atoms with van der Waals surface area (Å²) in [4.78, 5) is 37.0. The Morgan fingerprint density at radius 2 is 1.92 bits per heavy atom. The standard InChI is InChI=1S/C28H39N7O2/c1-3-4-15-23-34-25-26(20-12-8-9-14-22(20)32-27(25)29)35(23)18-11-10-17-30-24(36)16-7-5-6-13-21-19(2)31-28(37)33-21/h8-9,12,14,19H,3-7,10-11,13,15-18H2,1-2H3,(H2,29,32)(H,30,36)(H,31,37). The third-order valence-corrected chi connectivity index (χ3v) is 7.00. The number of pyridine rings is 1. The number of rotatable bonds is 14. The lowest BCUT2D eigenvalue weighted by Crippen LogP contribution is -2.28. The molecule has 0 aliphatic carbocycles. The number of carbonyl (C=O) groups excluding carboxylic acids is 2. The third-order valence-electron chi connectivity index (χ3n) is 7.00. The van der Waals surface area contributed by atoms with Crippen LogP contribution in [0.3, 0.4) is 0 Å².